The highest BCUT2D eigenvalue weighted by Crippen LogP contribution is 2.37. The Morgan fingerprint density at radius 2 is 1.42 bits per heavy atom. The first-order valence-electron chi connectivity index (χ1n) is 9.86. The molecule has 31 heavy (non-hydrogen) atoms. The SMILES string of the molecule is O=C1/C(=C\c2ccc(-c3ccccc3)o2)SC(=Nc2ccccc2)N1c1ccccc1. The van der Waals surface area contributed by atoms with Gasteiger partial charge in [-0.2, -0.15) is 0 Å². The molecule has 1 amide bonds. The number of amidine groups is 1. The van der Waals surface area contributed by atoms with E-state index in [1.165, 1.54) is 11.8 Å². The molecule has 0 saturated carbocycles. The van der Waals surface area contributed by atoms with E-state index in [1.54, 1.807) is 11.0 Å². The van der Waals surface area contributed by atoms with E-state index in [2.05, 4.69) is 0 Å². The lowest BCUT2D eigenvalue weighted by Crippen LogP contribution is -2.28. The number of rotatable bonds is 4. The molecule has 2 heterocycles. The zero-order chi connectivity index (χ0) is 21.0. The van der Waals surface area contributed by atoms with Gasteiger partial charge in [0.25, 0.3) is 5.91 Å². The van der Waals surface area contributed by atoms with Crippen LogP contribution in [0.15, 0.2) is 117 Å². The summed E-state index contributed by atoms with van der Waals surface area (Å²) >= 11 is 1.34. The van der Waals surface area contributed by atoms with E-state index in [4.69, 9.17) is 9.41 Å². The van der Waals surface area contributed by atoms with Crippen molar-refractivity contribution in [1.29, 1.82) is 0 Å². The average Bonchev–Trinajstić information content (AvgIpc) is 3.40. The first-order valence-corrected chi connectivity index (χ1v) is 10.7. The van der Waals surface area contributed by atoms with Gasteiger partial charge in [0, 0.05) is 11.6 Å². The minimum Gasteiger partial charge on any atom is -0.457 e. The third kappa shape index (κ3) is 4.09. The van der Waals surface area contributed by atoms with Gasteiger partial charge < -0.3 is 4.42 Å². The van der Waals surface area contributed by atoms with Crippen LogP contribution in [0.4, 0.5) is 11.4 Å². The van der Waals surface area contributed by atoms with Gasteiger partial charge in [-0.1, -0.05) is 66.7 Å². The van der Waals surface area contributed by atoms with Gasteiger partial charge in [0.1, 0.15) is 11.5 Å². The van der Waals surface area contributed by atoms with Gasteiger partial charge in [-0.3, -0.25) is 9.69 Å². The summed E-state index contributed by atoms with van der Waals surface area (Å²) in [7, 11) is 0. The summed E-state index contributed by atoms with van der Waals surface area (Å²) in [5.74, 6) is 1.27. The summed E-state index contributed by atoms with van der Waals surface area (Å²) < 4.78 is 5.97. The fourth-order valence-corrected chi connectivity index (χ4v) is 4.26. The second-order valence-corrected chi connectivity index (χ2v) is 7.89. The summed E-state index contributed by atoms with van der Waals surface area (Å²) in [6.45, 7) is 0. The quantitative estimate of drug-likeness (QED) is 0.342. The molecule has 1 aliphatic heterocycles. The number of carbonyl (C=O) groups excluding carboxylic acids is 1. The van der Waals surface area contributed by atoms with Gasteiger partial charge >= 0.3 is 0 Å². The van der Waals surface area contributed by atoms with Crippen LogP contribution in [0.2, 0.25) is 0 Å². The molecule has 4 nitrogen and oxygen atoms in total. The van der Waals surface area contributed by atoms with Crippen LogP contribution in [0.5, 0.6) is 0 Å². The standard InChI is InChI=1S/C26H18N2O2S/c29-25-24(18-22-16-17-23(30-22)19-10-4-1-5-11-19)31-26(27-20-12-6-2-7-13-20)28(25)21-14-8-3-9-15-21/h1-18H/b24-18+,27-26?. The number of amides is 1. The predicted molar refractivity (Wildman–Crippen MR) is 127 cm³/mol. The zero-order valence-electron chi connectivity index (χ0n) is 16.5. The van der Waals surface area contributed by atoms with Crippen molar-refractivity contribution in [2.75, 3.05) is 4.90 Å². The summed E-state index contributed by atoms with van der Waals surface area (Å²) in [5, 5.41) is 0.614. The van der Waals surface area contributed by atoms with E-state index in [0.29, 0.717) is 15.8 Å². The van der Waals surface area contributed by atoms with Gasteiger partial charge in [0.05, 0.1) is 16.3 Å². The van der Waals surface area contributed by atoms with E-state index < -0.39 is 0 Å². The average molecular weight is 423 g/mol. The van der Waals surface area contributed by atoms with E-state index in [9.17, 15) is 4.79 Å². The van der Waals surface area contributed by atoms with Crippen molar-refractivity contribution < 1.29 is 9.21 Å². The maximum atomic E-state index is 13.3. The number of benzene rings is 3. The Balaban J connectivity index is 1.51. The summed E-state index contributed by atoms with van der Waals surface area (Å²) in [6.07, 6.45) is 1.78. The van der Waals surface area contributed by atoms with Crippen molar-refractivity contribution in [3.63, 3.8) is 0 Å². The fraction of sp³-hybridized carbons (Fsp3) is 0. The third-order valence-electron chi connectivity index (χ3n) is 4.76. The number of carbonyl (C=O) groups is 1. The normalized spacial score (nSPS) is 16.4. The Labute approximate surface area is 184 Å². The molecule has 1 aromatic heterocycles. The number of para-hydroxylation sites is 2. The van der Waals surface area contributed by atoms with E-state index >= 15 is 0 Å². The van der Waals surface area contributed by atoms with E-state index in [1.807, 2.05) is 103 Å². The Kier molecular flexibility index (Phi) is 5.25. The zero-order valence-corrected chi connectivity index (χ0v) is 17.3. The molecule has 5 rings (SSSR count). The van der Waals surface area contributed by atoms with Crippen LogP contribution in [-0.2, 0) is 4.79 Å². The highest BCUT2D eigenvalue weighted by molar-refractivity contribution is 8.19. The second kappa shape index (κ2) is 8.50. The largest absolute Gasteiger partial charge is 0.457 e. The number of thioether (sulfide) groups is 1. The molecule has 1 fully saturated rings. The van der Waals surface area contributed by atoms with Crippen molar-refractivity contribution in [3.8, 4) is 11.3 Å². The van der Waals surface area contributed by atoms with Crippen LogP contribution in [0.1, 0.15) is 5.76 Å². The topological polar surface area (TPSA) is 45.8 Å². The number of furan rings is 1. The van der Waals surface area contributed by atoms with Gasteiger partial charge in [-0.15, -0.1) is 0 Å². The smallest absolute Gasteiger partial charge is 0.271 e. The van der Waals surface area contributed by atoms with Crippen molar-refractivity contribution >= 4 is 40.3 Å². The van der Waals surface area contributed by atoms with Crippen LogP contribution in [0.3, 0.4) is 0 Å². The number of nitrogens with zero attached hydrogens (tertiary/aromatic N) is 2. The number of hydrogen-bond donors (Lipinski definition) is 0. The highest BCUT2D eigenvalue weighted by atomic mass is 32.2. The Morgan fingerprint density at radius 1 is 0.774 bits per heavy atom. The van der Waals surface area contributed by atoms with Crippen molar-refractivity contribution in [3.05, 3.63) is 114 Å². The van der Waals surface area contributed by atoms with Crippen LogP contribution in [-0.4, -0.2) is 11.1 Å². The van der Waals surface area contributed by atoms with Gasteiger partial charge in [0.2, 0.25) is 0 Å². The molecule has 5 heteroatoms. The highest BCUT2D eigenvalue weighted by Gasteiger charge is 2.35. The van der Waals surface area contributed by atoms with Crippen molar-refractivity contribution in [1.82, 2.24) is 0 Å². The molecular weight excluding hydrogens is 404 g/mol. The molecule has 0 atom stereocenters. The molecule has 0 unspecified atom stereocenters. The summed E-state index contributed by atoms with van der Waals surface area (Å²) in [4.78, 5) is 20.2. The second-order valence-electron chi connectivity index (χ2n) is 6.88. The third-order valence-corrected chi connectivity index (χ3v) is 5.73. The Hall–Kier alpha value is -3.83. The van der Waals surface area contributed by atoms with Crippen LogP contribution >= 0.6 is 11.8 Å². The first kappa shape index (κ1) is 19.2. The lowest BCUT2D eigenvalue weighted by Gasteiger charge is -2.15. The molecule has 150 valence electrons. The van der Waals surface area contributed by atoms with Gasteiger partial charge in [0.15, 0.2) is 5.17 Å². The molecule has 0 radical (unpaired) electrons. The predicted octanol–water partition coefficient (Wildman–Crippen LogP) is 6.76. The molecule has 4 aromatic rings. The molecule has 0 bridgehead atoms. The fourth-order valence-electron chi connectivity index (χ4n) is 3.28. The minimum atomic E-state index is -0.122. The number of aliphatic imine (C=N–C) groups is 1. The molecule has 1 aliphatic rings. The lowest BCUT2D eigenvalue weighted by molar-refractivity contribution is -0.113. The number of anilines is 1. The molecule has 0 spiro atoms. The van der Waals surface area contributed by atoms with E-state index in [0.717, 1.165) is 22.7 Å². The molecule has 3 aromatic carbocycles. The molecule has 0 N–H and O–H groups in total. The molecule has 0 aliphatic carbocycles. The Bertz CT molecular complexity index is 1260. The van der Waals surface area contributed by atoms with Crippen LogP contribution < -0.4 is 4.90 Å². The maximum Gasteiger partial charge on any atom is 0.271 e. The van der Waals surface area contributed by atoms with Gasteiger partial charge in [-0.05, 0) is 48.2 Å². The lowest BCUT2D eigenvalue weighted by atomic mass is 10.2. The Morgan fingerprint density at radius 3 is 2.13 bits per heavy atom. The van der Waals surface area contributed by atoms with Crippen molar-refractivity contribution in [2.24, 2.45) is 4.99 Å². The van der Waals surface area contributed by atoms with Gasteiger partial charge in [-0.25, -0.2) is 4.99 Å². The first-order chi connectivity index (χ1) is 15.3. The minimum absolute atomic E-state index is 0.122. The monoisotopic (exact) mass is 422 g/mol. The summed E-state index contributed by atoms with van der Waals surface area (Å²) in [5.41, 5.74) is 2.57. The van der Waals surface area contributed by atoms with Crippen LogP contribution in [0, 0.1) is 0 Å². The molecule has 1 saturated heterocycles. The maximum absolute atomic E-state index is 13.3. The molecular formula is C26H18N2O2S. The van der Waals surface area contributed by atoms with Crippen LogP contribution in [0.25, 0.3) is 17.4 Å². The summed E-state index contributed by atoms with van der Waals surface area (Å²) in [6, 6.07) is 32.9. The van der Waals surface area contributed by atoms with Crippen molar-refractivity contribution in [2.45, 2.75) is 0 Å². The number of hydrogen-bond acceptors (Lipinski definition) is 4. The van der Waals surface area contributed by atoms with E-state index in [-0.39, 0.29) is 5.91 Å².